The van der Waals surface area contributed by atoms with Crippen LogP contribution in [0.3, 0.4) is 0 Å². The summed E-state index contributed by atoms with van der Waals surface area (Å²) >= 11 is 8.10. The quantitative estimate of drug-likeness (QED) is 0.0786. The third-order valence-electron chi connectivity index (χ3n) is 6.95. The lowest BCUT2D eigenvalue weighted by atomic mass is 10.0. The average Bonchev–Trinajstić information content (AvgIpc) is 3.54. The van der Waals surface area contributed by atoms with Gasteiger partial charge in [-0.1, -0.05) is 26.0 Å². The maximum absolute atomic E-state index is 13.4. The SMILES string of the molecule is CC(NC(=O)C(Cc1cnc[nH]1)NC(=O)C(CS)NC(=O)C(N)Cc1ccc(O)cc1)C(=O)NC(C(=O)NC(CS)C(=O)O)C(C)C. The van der Waals surface area contributed by atoms with Gasteiger partial charge in [-0.15, -0.1) is 0 Å². The molecule has 0 saturated carbocycles. The fraction of sp³-hybridized carbons (Fsp3) is 0.483. The van der Waals surface area contributed by atoms with Gasteiger partial charge in [0.25, 0.3) is 0 Å². The first-order valence-corrected chi connectivity index (χ1v) is 15.9. The lowest BCUT2D eigenvalue weighted by molar-refractivity contribution is -0.142. The van der Waals surface area contributed by atoms with Crippen molar-refractivity contribution in [3.05, 3.63) is 48.0 Å². The van der Waals surface area contributed by atoms with Crippen LogP contribution in [-0.4, -0.2) is 103 Å². The molecule has 16 nitrogen and oxygen atoms in total. The minimum Gasteiger partial charge on any atom is -0.508 e. The Labute approximate surface area is 282 Å². The highest BCUT2D eigenvalue weighted by atomic mass is 32.1. The van der Waals surface area contributed by atoms with E-state index < -0.39 is 77.7 Å². The van der Waals surface area contributed by atoms with E-state index in [0.717, 1.165) is 0 Å². The lowest BCUT2D eigenvalue weighted by Crippen LogP contribution is -2.60. The van der Waals surface area contributed by atoms with Crippen LogP contribution in [0.2, 0.25) is 0 Å². The number of H-pyrrole nitrogens is 1. The predicted octanol–water partition coefficient (Wildman–Crippen LogP) is -1.73. The van der Waals surface area contributed by atoms with Crippen molar-refractivity contribution in [3.63, 3.8) is 0 Å². The molecule has 0 bridgehead atoms. The number of benzene rings is 1. The summed E-state index contributed by atoms with van der Waals surface area (Å²) in [5.41, 5.74) is 7.20. The molecule has 0 aliphatic heterocycles. The van der Waals surface area contributed by atoms with E-state index in [9.17, 15) is 39.0 Å². The summed E-state index contributed by atoms with van der Waals surface area (Å²) in [6.45, 7) is 4.67. The van der Waals surface area contributed by atoms with Gasteiger partial charge in [0.15, 0.2) is 0 Å². The second kappa shape index (κ2) is 18.8. The van der Waals surface area contributed by atoms with Gasteiger partial charge in [-0.2, -0.15) is 25.3 Å². The number of aromatic amines is 1. The molecule has 18 heteroatoms. The van der Waals surface area contributed by atoms with Crippen LogP contribution in [0.25, 0.3) is 0 Å². The van der Waals surface area contributed by atoms with Gasteiger partial charge < -0.3 is 47.5 Å². The van der Waals surface area contributed by atoms with Crippen LogP contribution in [0.15, 0.2) is 36.8 Å². The van der Waals surface area contributed by atoms with Crippen molar-refractivity contribution in [2.75, 3.05) is 11.5 Å². The zero-order valence-electron chi connectivity index (χ0n) is 26.1. The van der Waals surface area contributed by atoms with Crippen molar-refractivity contribution < 1.29 is 39.0 Å². The molecule has 0 aliphatic rings. The molecule has 10 N–H and O–H groups in total. The maximum atomic E-state index is 13.4. The predicted molar refractivity (Wildman–Crippen MR) is 178 cm³/mol. The summed E-state index contributed by atoms with van der Waals surface area (Å²) in [7, 11) is 0. The van der Waals surface area contributed by atoms with Crippen molar-refractivity contribution in [1.82, 2.24) is 36.6 Å². The Morgan fingerprint density at radius 2 is 1.36 bits per heavy atom. The largest absolute Gasteiger partial charge is 0.508 e. The van der Waals surface area contributed by atoms with Crippen LogP contribution in [0, 0.1) is 5.92 Å². The second-order valence-electron chi connectivity index (χ2n) is 11.1. The zero-order valence-corrected chi connectivity index (χ0v) is 27.9. The van der Waals surface area contributed by atoms with Crippen molar-refractivity contribution in [2.45, 2.75) is 69.9 Å². The molecular weight excluding hydrogens is 653 g/mol. The molecule has 5 amide bonds. The first kappa shape index (κ1) is 38.9. The van der Waals surface area contributed by atoms with Crippen LogP contribution in [0.5, 0.6) is 5.75 Å². The number of carbonyl (C=O) groups excluding carboxylic acids is 5. The standard InChI is InChI=1S/C29H42N8O8S2/c1-14(2)23(28(43)36-22(12-47)29(44)45)37-24(39)15(3)33-26(41)20(9-17-10-31-13-32-17)34-27(42)21(11-46)35-25(40)19(30)8-16-4-6-18(38)7-5-16/h4-7,10,13-15,19-23,38,46-47H,8-9,11-12,30H2,1-3H3,(H,31,32)(H,33,41)(H,34,42)(H,35,40)(H,36,43)(H,37,39)(H,44,45). The van der Waals surface area contributed by atoms with E-state index in [2.05, 4.69) is 61.8 Å². The molecule has 6 atom stereocenters. The fourth-order valence-corrected chi connectivity index (χ4v) is 4.69. The summed E-state index contributed by atoms with van der Waals surface area (Å²) in [5, 5.41) is 31.1. The van der Waals surface area contributed by atoms with Crippen molar-refractivity contribution in [1.29, 1.82) is 0 Å². The molecular formula is C29H42N8O8S2. The Morgan fingerprint density at radius 3 is 1.89 bits per heavy atom. The van der Waals surface area contributed by atoms with E-state index in [1.807, 2.05) is 0 Å². The topological polar surface area (TPSA) is 258 Å². The van der Waals surface area contributed by atoms with E-state index in [1.54, 1.807) is 26.0 Å². The van der Waals surface area contributed by atoms with Crippen LogP contribution in [-0.2, 0) is 41.6 Å². The number of rotatable bonds is 18. The van der Waals surface area contributed by atoms with Gasteiger partial charge in [0, 0.05) is 29.8 Å². The van der Waals surface area contributed by atoms with E-state index in [0.29, 0.717) is 11.3 Å². The van der Waals surface area contributed by atoms with Gasteiger partial charge in [0.2, 0.25) is 29.5 Å². The molecule has 2 aromatic rings. The second-order valence-corrected chi connectivity index (χ2v) is 11.8. The lowest BCUT2D eigenvalue weighted by Gasteiger charge is -2.26. The molecule has 47 heavy (non-hydrogen) atoms. The summed E-state index contributed by atoms with van der Waals surface area (Å²) < 4.78 is 0. The molecule has 0 fully saturated rings. The smallest absolute Gasteiger partial charge is 0.327 e. The highest BCUT2D eigenvalue weighted by molar-refractivity contribution is 7.80. The number of aromatic nitrogens is 2. The number of thiol groups is 2. The molecule has 0 spiro atoms. The normalized spacial score (nSPS) is 14.9. The molecule has 6 unspecified atom stereocenters. The van der Waals surface area contributed by atoms with Crippen LogP contribution in [0.1, 0.15) is 32.0 Å². The summed E-state index contributed by atoms with van der Waals surface area (Å²) in [4.78, 5) is 83.2. The Bertz CT molecular complexity index is 1380. The third kappa shape index (κ3) is 12.4. The number of hydrogen-bond donors (Lipinski definition) is 11. The van der Waals surface area contributed by atoms with Crippen LogP contribution >= 0.6 is 25.3 Å². The maximum Gasteiger partial charge on any atom is 0.327 e. The number of hydrogen-bond acceptors (Lipinski definition) is 11. The zero-order chi connectivity index (χ0) is 35.3. The van der Waals surface area contributed by atoms with E-state index in [-0.39, 0.29) is 30.1 Å². The minimum absolute atomic E-state index is 0.0587. The number of aromatic hydroxyl groups is 1. The van der Waals surface area contributed by atoms with Gasteiger partial charge in [-0.25, -0.2) is 9.78 Å². The Balaban J connectivity index is 2.09. The Hall–Kier alpha value is -4.29. The van der Waals surface area contributed by atoms with Gasteiger partial charge in [-0.05, 0) is 37.0 Å². The first-order valence-electron chi connectivity index (χ1n) is 14.6. The number of carboxylic acids is 1. The van der Waals surface area contributed by atoms with E-state index in [1.165, 1.54) is 31.6 Å². The molecule has 1 heterocycles. The number of nitrogens with zero attached hydrogens (tertiary/aromatic N) is 1. The molecule has 258 valence electrons. The molecule has 0 aliphatic carbocycles. The molecule has 0 saturated heterocycles. The van der Waals surface area contributed by atoms with Crippen molar-refractivity contribution in [2.24, 2.45) is 11.7 Å². The molecule has 2 rings (SSSR count). The van der Waals surface area contributed by atoms with E-state index in [4.69, 9.17) is 5.73 Å². The third-order valence-corrected chi connectivity index (χ3v) is 7.68. The monoisotopic (exact) mass is 694 g/mol. The molecule has 1 aromatic carbocycles. The number of amides is 5. The van der Waals surface area contributed by atoms with Gasteiger partial charge >= 0.3 is 5.97 Å². The Morgan fingerprint density at radius 1 is 0.787 bits per heavy atom. The number of carboxylic acid groups (broad SMARTS) is 1. The summed E-state index contributed by atoms with van der Waals surface area (Å²) in [5.74, 6) is -5.57. The number of nitrogens with one attached hydrogen (secondary N) is 6. The molecule has 0 radical (unpaired) electrons. The van der Waals surface area contributed by atoms with Crippen LogP contribution in [0.4, 0.5) is 0 Å². The number of phenols is 1. The number of carbonyl (C=O) groups is 6. The van der Waals surface area contributed by atoms with Gasteiger partial charge in [0.1, 0.15) is 36.0 Å². The van der Waals surface area contributed by atoms with Gasteiger partial charge in [-0.3, -0.25) is 24.0 Å². The highest BCUT2D eigenvalue weighted by Crippen LogP contribution is 2.11. The van der Waals surface area contributed by atoms with Gasteiger partial charge in [0.05, 0.1) is 12.4 Å². The van der Waals surface area contributed by atoms with Crippen molar-refractivity contribution in [3.8, 4) is 5.75 Å². The average molecular weight is 695 g/mol. The fourth-order valence-electron chi connectivity index (χ4n) is 4.19. The van der Waals surface area contributed by atoms with Crippen molar-refractivity contribution >= 4 is 60.8 Å². The minimum atomic E-state index is -1.29. The summed E-state index contributed by atoms with van der Waals surface area (Å²) in [6.07, 6.45) is 2.90. The highest BCUT2D eigenvalue weighted by Gasteiger charge is 2.32. The number of imidazole rings is 1. The summed E-state index contributed by atoms with van der Waals surface area (Å²) in [6, 6.07) is -0.869. The number of aliphatic carboxylic acids is 1. The number of phenolic OH excluding ortho intramolecular Hbond substituents is 1. The first-order chi connectivity index (χ1) is 22.2. The Kier molecular flexibility index (Phi) is 15.5. The van der Waals surface area contributed by atoms with Crippen LogP contribution < -0.4 is 32.3 Å². The number of nitrogens with two attached hydrogens (primary N) is 1. The van der Waals surface area contributed by atoms with E-state index >= 15 is 0 Å². The molecule has 1 aromatic heterocycles.